The van der Waals surface area contributed by atoms with Gasteiger partial charge >= 0.3 is 5.97 Å². The number of hydrogen-bond donors (Lipinski definition) is 1. The number of carboxylic acids is 1. The molecule has 29 heavy (non-hydrogen) atoms. The van der Waals surface area contributed by atoms with Gasteiger partial charge in [-0.2, -0.15) is 0 Å². The first kappa shape index (κ1) is 19.7. The van der Waals surface area contributed by atoms with Gasteiger partial charge in [0.1, 0.15) is 5.82 Å². The van der Waals surface area contributed by atoms with Crippen molar-refractivity contribution in [2.24, 2.45) is 5.92 Å². The van der Waals surface area contributed by atoms with Gasteiger partial charge in [0.05, 0.1) is 11.1 Å². The first-order valence-corrected chi connectivity index (χ1v) is 10.7. The van der Waals surface area contributed by atoms with E-state index in [0.29, 0.717) is 18.0 Å². The molecule has 1 unspecified atom stereocenters. The van der Waals surface area contributed by atoms with E-state index in [9.17, 15) is 14.3 Å². The van der Waals surface area contributed by atoms with Gasteiger partial charge in [0.15, 0.2) is 0 Å². The Morgan fingerprint density at radius 2 is 2.07 bits per heavy atom. The summed E-state index contributed by atoms with van der Waals surface area (Å²) >= 11 is 0. The number of benzene rings is 2. The average Bonchev–Trinajstić information content (AvgIpc) is 2.86. The summed E-state index contributed by atoms with van der Waals surface area (Å²) in [7, 11) is 0. The maximum atomic E-state index is 13.8. The molecule has 0 spiro atoms. The number of carboxylic acid groups (broad SMARTS) is 1. The van der Waals surface area contributed by atoms with Crippen LogP contribution in [0.5, 0.6) is 0 Å². The first-order valence-electron chi connectivity index (χ1n) is 10.7. The first-order chi connectivity index (χ1) is 14.1. The molecule has 3 aromatic rings. The number of fused-ring (bicyclic) bond motifs is 3. The number of aromatic nitrogens is 1. The van der Waals surface area contributed by atoms with Crippen molar-refractivity contribution >= 4 is 16.9 Å². The van der Waals surface area contributed by atoms with Gasteiger partial charge < -0.3 is 9.67 Å². The number of rotatable bonds is 6. The number of aromatic carboxylic acids is 1. The second-order valence-corrected chi connectivity index (χ2v) is 8.25. The van der Waals surface area contributed by atoms with Crippen molar-refractivity contribution < 1.29 is 14.3 Å². The van der Waals surface area contributed by atoms with Crippen molar-refractivity contribution in [2.45, 2.75) is 58.4 Å². The van der Waals surface area contributed by atoms with Crippen LogP contribution in [-0.2, 0) is 19.4 Å². The van der Waals surface area contributed by atoms with Gasteiger partial charge in [-0.15, -0.1) is 0 Å². The Balaban J connectivity index is 1.88. The third kappa shape index (κ3) is 3.93. The van der Waals surface area contributed by atoms with Crippen molar-refractivity contribution in [3.05, 3.63) is 70.7 Å². The number of nitrogens with zero attached hydrogens (tertiary/aromatic N) is 1. The third-order valence-corrected chi connectivity index (χ3v) is 6.25. The van der Waals surface area contributed by atoms with Crippen LogP contribution in [-0.4, -0.2) is 15.6 Å². The lowest BCUT2D eigenvalue weighted by atomic mass is 9.94. The Labute approximate surface area is 171 Å². The van der Waals surface area contributed by atoms with Crippen LogP contribution < -0.4 is 0 Å². The van der Waals surface area contributed by atoms with Gasteiger partial charge in [0.25, 0.3) is 0 Å². The SMILES string of the molecule is CCCCC1CCCc2c(n(Cc3cccc(F)c3)c3c(C(=O)O)cccc23)C1. The van der Waals surface area contributed by atoms with E-state index in [1.54, 1.807) is 18.2 Å². The minimum absolute atomic E-state index is 0.260. The zero-order valence-corrected chi connectivity index (χ0v) is 17.0. The van der Waals surface area contributed by atoms with Crippen LogP contribution >= 0.6 is 0 Å². The second kappa shape index (κ2) is 8.40. The van der Waals surface area contributed by atoms with Crippen LogP contribution in [0.1, 0.15) is 66.2 Å². The zero-order valence-electron chi connectivity index (χ0n) is 17.0. The summed E-state index contributed by atoms with van der Waals surface area (Å²) in [6.07, 6.45) is 7.94. The molecule has 1 aliphatic rings. The average molecular weight is 394 g/mol. The Bertz CT molecular complexity index is 1040. The molecule has 1 aromatic heterocycles. The molecule has 0 aliphatic heterocycles. The predicted octanol–water partition coefficient (Wildman–Crippen LogP) is 6.21. The highest BCUT2D eigenvalue weighted by atomic mass is 19.1. The lowest BCUT2D eigenvalue weighted by Gasteiger charge is -2.17. The molecule has 2 aromatic carbocycles. The molecule has 152 valence electrons. The molecular weight excluding hydrogens is 365 g/mol. The normalized spacial score (nSPS) is 16.6. The van der Waals surface area contributed by atoms with Crippen molar-refractivity contribution in [3.63, 3.8) is 0 Å². The minimum atomic E-state index is -0.911. The Morgan fingerprint density at radius 3 is 2.83 bits per heavy atom. The molecule has 0 radical (unpaired) electrons. The van der Waals surface area contributed by atoms with E-state index in [1.165, 1.54) is 43.0 Å². The van der Waals surface area contributed by atoms with E-state index in [2.05, 4.69) is 17.6 Å². The Kier molecular flexibility index (Phi) is 5.70. The highest BCUT2D eigenvalue weighted by Crippen LogP contribution is 2.36. The number of aryl methyl sites for hydroxylation is 1. The molecule has 0 saturated carbocycles. The van der Waals surface area contributed by atoms with Crippen LogP contribution in [0.4, 0.5) is 4.39 Å². The number of para-hydroxylation sites is 1. The van der Waals surface area contributed by atoms with Crippen molar-refractivity contribution in [3.8, 4) is 0 Å². The molecule has 0 saturated heterocycles. The van der Waals surface area contributed by atoms with E-state index in [1.807, 2.05) is 12.1 Å². The fraction of sp³-hybridized carbons (Fsp3) is 0.400. The van der Waals surface area contributed by atoms with Gasteiger partial charge in [-0.05, 0) is 60.9 Å². The highest BCUT2D eigenvalue weighted by Gasteiger charge is 2.26. The van der Waals surface area contributed by atoms with Gasteiger partial charge in [-0.3, -0.25) is 0 Å². The second-order valence-electron chi connectivity index (χ2n) is 8.25. The molecule has 1 atom stereocenters. The maximum Gasteiger partial charge on any atom is 0.337 e. The van der Waals surface area contributed by atoms with Gasteiger partial charge in [0.2, 0.25) is 0 Å². The largest absolute Gasteiger partial charge is 0.478 e. The smallest absolute Gasteiger partial charge is 0.337 e. The van der Waals surface area contributed by atoms with E-state index in [-0.39, 0.29) is 5.82 Å². The lowest BCUT2D eigenvalue weighted by Crippen LogP contribution is -2.12. The van der Waals surface area contributed by atoms with Crippen molar-refractivity contribution in [1.82, 2.24) is 4.57 Å². The topological polar surface area (TPSA) is 42.2 Å². The van der Waals surface area contributed by atoms with Gasteiger partial charge in [-0.25, -0.2) is 9.18 Å². The predicted molar refractivity (Wildman–Crippen MR) is 114 cm³/mol. The van der Waals surface area contributed by atoms with Crippen LogP contribution in [0.15, 0.2) is 42.5 Å². The minimum Gasteiger partial charge on any atom is -0.478 e. The van der Waals surface area contributed by atoms with Crippen LogP contribution in [0.3, 0.4) is 0 Å². The monoisotopic (exact) mass is 393 g/mol. The summed E-state index contributed by atoms with van der Waals surface area (Å²) in [6, 6.07) is 12.2. The summed E-state index contributed by atoms with van der Waals surface area (Å²) in [4.78, 5) is 12.0. The molecule has 0 amide bonds. The Hall–Kier alpha value is -2.62. The number of halogens is 1. The van der Waals surface area contributed by atoms with Crippen molar-refractivity contribution in [1.29, 1.82) is 0 Å². The third-order valence-electron chi connectivity index (χ3n) is 6.25. The van der Waals surface area contributed by atoms with Crippen LogP contribution in [0, 0.1) is 11.7 Å². The van der Waals surface area contributed by atoms with E-state index in [0.717, 1.165) is 35.7 Å². The molecule has 1 aliphatic carbocycles. The molecule has 1 heterocycles. The standard InChI is InChI=1S/C25H28FNO2/c1-2-3-7-17-8-5-11-20-21-12-6-13-22(25(28)29)24(21)27(23(20)15-17)16-18-9-4-10-19(26)14-18/h4,6,9-10,12-14,17H,2-3,5,7-8,11,15-16H2,1H3,(H,28,29). The fourth-order valence-electron chi connectivity index (χ4n) is 4.89. The number of unbranched alkanes of at least 4 members (excludes halogenated alkanes) is 1. The number of carbonyl (C=O) groups is 1. The van der Waals surface area contributed by atoms with Gasteiger partial charge in [-0.1, -0.05) is 50.5 Å². The summed E-state index contributed by atoms with van der Waals surface area (Å²) in [5.74, 6) is -0.546. The van der Waals surface area contributed by atoms with Crippen LogP contribution in [0.2, 0.25) is 0 Å². The zero-order chi connectivity index (χ0) is 20.4. The molecule has 0 fully saturated rings. The van der Waals surface area contributed by atoms with E-state index >= 15 is 0 Å². The van der Waals surface area contributed by atoms with E-state index < -0.39 is 5.97 Å². The lowest BCUT2D eigenvalue weighted by molar-refractivity contribution is 0.0698. The van der Waals surface area contributed by atoms with Gasteiger partial charge in [0, 0.05) is 17.6 Å². The van der Waals surface area contributed by atoms with Crippen LogP contribution in [0.25, 0.3) is 10.9 Å². The fourth-order valence-corrected chi connectivity index (χ4v) is 4.89. The summed E-state index contributed by atoms with van der Waals surface area (Å²) in [6.45, 7) is 2.72. The van der Waals surface area contributed by atoms with E-state index in [4.69, 9.17) is 0 Å². The Morgan fingerprint density at radius 1 is 1.24 bits per heavy atom. The molecule has 1 N–H and O–H groups in total. The number of hydrogen-bond acceptors (Lipinski definition) is 1. The molecule has 0 bridgehead atoms. The molecule has 4 rings (SSSR count). The molecular formula is C25H28FNO2. The highest BCUT2D eigenvalue weighted by molar-refractivity contribution is 6.04. The maximum absolute atomic E-state index is 13.8. The quantitative estimate of drug-likeness (QED) is 0.506. The molecule has 4 heteroatoms. The summed E-state index contributed by atoms with van der Waals surface area (Å²) < 4.78 is 16.0. The summed E-state index contributed by atoms with van der Waals surface area (Å²) in [5, 5.41) is 10.9. The molecule has 3 nitrogen and oxygen atoms in total. The van der Waals surface area contributed by atoms with Crippen molar-refractivity contribution in [2.75, 3.05) is 0 Å². The summed E-state index contributed by atoms with van der Waals surface area (Å²) in [5.41, 5.74) is 4.51.